The number of likely N-dealkylation sites (N-methyl/N-ethyl adjacent to an activating group) is 1. The Bertz CT molecular complexity index is 306. The molecule has 4 nitrogen and oxygen atoms in total. The monoisotopic (exact) mass is 177 g/mol. The molecule has 0 aliphatic rings. The van der Waals surface area contributed by atoms with Gasteiger partial charge in [-0.1, -0.05) is 0 Å². The molecule has 1 aromatic heterocycles. The molecule has 0 aliphatic heterocycles. The van der Waals surface area contributed by atoms with E-state index in [1.54, 1.807) is 38.6 Å². The third-order valence-corrected chi connectivity index (χ3v) is 1.40. The third kappa shape index (κ3) is 3.02. The number of hydrogen-bond donors (Lipinski definition) is 0. The number of hydrogen-bond acceptors (Lipinski definition) is 3. The van der Waals surface area contributed by atoms with Crippen LogP contribution in [-0.4, -0.2) is 34.9 Å². The molecule has 68 valence electrons. The van der Waals surface area contributed by atoms with Gasteiger partial charge in [-0.15, -0.1) is 0 Å². The number of aromatic nitrogens is 2. The summed E-state index contributed by atoms with van der Waals surface area (Å²) in [4.78, 5) is 20.5. The first-order valence-corrected chi connectivity index (χ1v) is 3.86. The normalized spacial score (nSPS) is 10.3. The average Bonchev–Trinajstić information content (AvgIpc) is 2.15. The van der Waals surface area contributed by atoms with Crippen LogP contribution in [0.3, 0.4) is 0 Å². The van der Waals surface area contributed by atoms with E-state index in [-0.39, 0.29) is 5.91 Å². The van der Waals surface area contributed by atoms with E-state index >= 15 is 0 Å². The van der Waals surface area contributed by atoms with Crippen molar-refractivity contribution in [2.75, 3.05) is 14.1 Å². The summed E-state index contributed by atoms with van der Waals surface area (Å²) in [6, 6.07) is 1.73. The highest BCUT2D eigenvalue weighted by Crippen LogP contribution is 1.92. The van der Waals surface area contributed by atoms with Crippen LogP contribution in [0.5, 0.6) is 0 Å². The Morgan fingerprint density at radius 1 is 1.38 bits per heavy atom. The zero-order chi connectivity index (χ0) is 9.68. The Kier molecular flexibility index (Phi) is 3.14. The van der Waals surface area contributed by atoms with Crippen molar-refractivity contribution in [3.05, 3.63) is 30.4 Å². The first kappa shape index (κ1) is 9.38. The summed E-state index contributed by atoms with van der Waals surface area (Å²) in [6.07, 6.45) is 6.29. The fourth-order valence-corrected chi connectivity index (χ4v) is 0.692. The largest absolute Gasteiger partial charge is 0.345 e. The molecule has 0 aliphatic carbocycles. The van der Waals surface area contributed by atoms with Gasteiger partial charge in [0.2, 0.25) is 5.91 Å². The highest BCUT2D eigenvalue weighted by Gasteiger charge is 1.96. The highest BCUT2D eigenvalue weighted by molar-refractivity contribution is 5.90. The van der Waals surface area contributed by atoms with Gasteiger partial charge in [0.25, 0.3) is 0 Å². The molecule has 0 saturated carbocycles. The fraction of sp³-hybridized carbons (Fsp3) is 0.222. The molecular formula is C9H11N3O. The Morgan fingerprint density at radius 3 is 2.54 bits per heavy atom. The van der Waals surface area contributed by atoms with Gasteiger partial charge in [0.1, 0.15) is 0 Å². The van der Waals surface area contributed by atoms with Crippen LogP contribution in [-0.2, 0) is 4.79 Å². The lowest BCUT2D eigenvalue weighted by molar-refractivity contribution is -0.123. The molecule has 0 unspecified atom stereocenters. The van der Waals surface area contributed by atoms with Crippen LogP contribution >= 0.6 is 0 Å². The Balaban J connectivity index is 2.64. The van der Waals surface area contributed by atoms with Crippen LogP contribution in [0, 0.1) is 0 Å². The Labute approximate surface area is 76.9 Å². The molecule has 0 bridgehead atoms. The minimum atomic E-state index is -0.0764. The molecule has 4 heteroatoms. The second-order valence-electron chi connectivity index (χ2n) is 2.67. The molecule has 1 aromatic rings. The molecule has 0 N–H and O–H groups in total. The fourth-order valence-electron chi connectivity index (χ4n) is 0.692. The molecule has 0 fully saturated rings. The number of carbonyl (C=O) groups is 1. The van der Waals surface area contributed by atoms with Crippen molar-refractivity contribution < 1.29 is 4.79 Å². The Hall–Kier alpha value is -1.71. The van der Waals surface area contributed by atoms with Crippen LogP contribution < -0.4 is 0 Å². The van der Waals surface area contributed by atoms with Crippen LogP contribution in [0.2, 0.25) is 0 Å². The number of rotatable bonds is 2. The summed E-state index contributed by atoms with van der Waals surface area (Å²) in [7, 11) is 3.39. The summed E-state index contributed by atoms with van der Waals surface area (Å²) < 4.78 is 0. The van der Waals surface area contributed by atoms with Gasteiger partial charge in [-0.3, -0.25) is 4.79 Å². The van der Waals surface area contributed by atoms with Gasteiger partial charge in [0.05, 0.1) is 0 Å². The average molecular weight is 177 g/mol. The quantitative estimate of drug-likeness (QED) is 0.621. The van der Waals surface area contributed by atoms with E-state index in [1.807, 2.05) is 0 Å². The lowest BCUT2D eigenvalue weighted by atomic mass is 10.4. The van der Waals surface area contributed by atoms with Crippen LogP contribution in [0.1, 0.15) is 5.82 Å². The number of carbonyl (C=O) groups excluding carboxylic acids is 1. The van der Waals surface area contributed by atoms with Crippen molar-refractivity contribution in [1.82, 2.24) is 14.9 Å². The molecule has 1 rings (SSSR count). The summed E-state index contributed by atoms with van der Waals surface area (Å²) >= 11 is 0. The van der Waals surface area contributed by atoms with E-state index in [1.165, 1.54) is 11.0 Å². The zero-order valence-electron chi connectivity index (χ0n) is 7.64. The van der Waals surface area contributed by atoms with Crippen molar-refractivity contribution in [1.29, 1.82) is 0 Å². The van der Waals surface area contributed by atoms with Gasteiger partial charge in [-0.25, -0.2) is 9.97 Å². The predicted octanol–water partition coefficient (Wildman–Crippen LogP) is 0.578. The van der Waals surface area contributed by atoms with Crippen LogP contribution in [0.4, 0.5) is 0 Å². The van der Waals surface area contributed by atoms with E-state index in [9.17, 15) is 4.79 Å². The maximum absolute atomic E-state index is 11.1. The first-order chi connectivity index (χ1) is 6.20. The highest BCUT2D eigenvalue weighted by atomic mass is 16.2. The van der Waals surface area contributed by atoms with Gasteiger partial charge >= 0.3 is 0 Å². The molecular weight excluding hydrogens is 166 g/mol. The molecule has 13 heavy (non-hydrogen) atoms. The van der Waals surface area contributed by atoms with Gasteiger partial charge in [-0.2, -0.15) is 0 Å². The lowest BCUT2D eigenvalue weighted by Gasteiger charge is -2.04. The third-order valence-electron chi connectivity index (χ3n) is 1.40. The predicted molar refractivity (Wildman–Crippen MR) is 49.8 cm³/mol. The summed E-state index contributed by atoms with van der Waals surface area (Å²) in [5, 5.41) is 0. The van der Waals surface area contributed by atoms with Crippen molar-refractivity contribution in [2.45, 2.75) is 0 Å². The zero-order valence-corrected chi connectivity index (χ0v) is 7.64. The standard InChI is InChI=1S/C9H11N3O/c1-12(2)9(13)5-4-8-10-6-3-7-11-8/h3-7H,1-2H3. The molecule has 1 heterocycles. The van der Waals surface area contributed by atoms with E-state index in [2.05, 4.69) is 9.97 Å². The van der Waals surface area contributed by atoms with Gasteiger partial charge < -0.3 is 4.90 Å². The number of nitrogens with zero attached hydrogens (tertiary/aromatic N) is 3. The molecule has 0 spiro atoms. The van der Waals surface area contributed by atoms with E-state index < -0.39 is 0 Å². The van der Waals surface area contributed by atoms with Crippen molar-refractivity contribution >= 4 is 12.0 Å². The SMILES string of the molecule is CN(C)C(=O)C=Cc1ncccn1. The molecule has 1 amide bonds. The van der Waals surface area contributed by atoms with Gasteiger partial charge in [0.15, 0.2) is 5.82 Å². The molecule has 0 atom stereocenters. The van der Waals surface area contributed by atoms with Crippen LogP contribution in [0.25, 0.3) is 6.08 Å². The van der Waals surface area contributed by atoms with Crippen molar-refractivity contribution in [3.8, 4) is 0 Å². The van der Waals surface area contributed by atoms with E-state index in [0.29, 0.717) is 5.82 Å². The van der Waals surface area contributed by atoms with Gasteiger partial charge in [0, 0.05) is 32.6 Å². The maximum atomic E-state index is 11.1. The smallest absolute Gasteiger partial charge is 0.246 e. The van der Waals surface area contributed by atoms with E-state index in [4.69, 9.17) is 0 Å². The molecule has 0 aromatic carbocycles. The van der Waals surface area contributed by atoms with Crippen LogP contribution in [0.15, 0.2) is 24.5 Å². The number of amides is 1. The summed E-state index contributed by atoms with van der Waals surface area (Å²) in [5.74, 6) is 0.463. The van der Waals surface area contributed by atoms with E-state index in [0.717, 1.165) is 0 Å². The van der Waals surface area contributed by atoms with Crippen molar-refractivity contribution in [3.63, 3.8) is 0 Å². The minimum absolute atomic E-state index is 0.0764. The Morgan fingerprint density at radius 2 is 2.00 bits per heavy atom. The molecule has 0 radical (unpaired) electrons. The first-order valence-electron chi connectivity index (χ1n) is 3.86. The summed E-state index contributed by atoms with van der Waals surface area (Å²) in [5.41, 5.74) is 0. The molecule has 0 saturated heterocycles. The maximum Gasteiger partial charge on any atom is 0.246 e. The second kappa shape index (κ2) is 4.35. The topological polar surface area (TPSA) is 46.1 Å². The lowest BCUT2D eigenvalue weighted by Crippen LogP contribution is -2.18. The summed E-state index contributed by atoms with van der Waals surface area (Å²) in [6.45, 7) is 0. The minimum Gasteiger partial charge on any atom is -0.345 e. The van der Waals surface area contributed by atoms with Crippen molar-refractivity contribution in [2.24, 2.45) is 0 Å². The second-order valence-corrected chi connectivity index (χ2v) is 2.67. The van der Waals surface area contributed by atoms with Gasteiger partial charge in [-0.05, 0) is 12.1 Å².